The first-order valence-electron chi connectivity index (χ1n) is 25.5. The molecule has 0 fully saturated rings. The van der Waals surface area contributed by atoms with Crippen LogP contribution in [0.5, 0.6) is 0 Å². The summed E-state index contributed by atoms with van der Waals surface area (Å²) in [6, 6.07) is 0. The standard InChI is InChI=1S/C54H93O10P/c1-3-5-7-9-11-13-15-17-19-21-23-24-25-26-28-29-31-33-35-37-39-41-43-45-53(57)61-49-52(50-63-65(59,60)62-48-51(56)47-55)64-54(58)46-44-42-40-38-36-34-32-30-27-22-20-18-16-14-12-10-8-6-4-2/h6,8,12,14,18,20,27,29-31,34,36-37,39,51-52,55-56H,3-5,7,9-11,13,15-17,19,21-26,28,32-33,35,38,40-50H2,1-2H3,(H,59,60)/b8-6+,14-12+,20-18+,30-27+,31-29+,36-34+,39-37+/t51-,52+/m0/s1. The Morgan fingerprint density at radius 3 is 1.38 bits per heavy atom. The Bertz CT molecular complexity index is 1350. The number of hydrogen-bond donors (Lipinski definition) is 3. The zero-order valence-electron chi connectivity index (χ0n) is 40.9. The number of rotatable bonds is 47. The van der Waals surface area contributed by atoms with E-state index in [9.17, 15) is 24.2 Å². The SMILES string of the molecule is CC/C=C/C/C=C/C/C=C/C/C=C/C/C=C/CCCCCC(=O)O[C@H](COC(=O)CCC/C=C/CC/C=C/CCCCCCCCCCCCCCCC)COP(=O)(O)OC[C@@H](O)CO. The number of esters is 2. The van der Waals surface area contributed by atoms with E-state index < -0.39 is 51.8 Å². The highest BCUT2D eigenvalue weighted by molar-refractivity contribution is 7.47. The number of allylic oxidation sites excluding steroid dienone is 14. The van der Waals surface area contributed by atoms with E-state index in [0.717, 1.165) is 77.0 Å². The second kappa shape index (κ2) is 49.1. The van der Waals surface area contributed by atoms with Gasteiger partial charge in [0.1, 0.15) is 12.7 Å². The van der Waals surface area contributed by atoms with Crippen LogP contribution in [-0.2, 0) is 32.7 Å². The maximum Gasteiger partial charge on any atom is 0.472 e. The van der Waals surface area contributed by atoms with Gasteiger partial charge < -0.3 is 24.6 Å². The number of aliphatic hydroxyl groups excluding tert-OH is 2. The molecule has 0 heterocycles. The molecule has 0 aliphatic heterocycles. The summed E-state index contributed by atoms with van der Waals surface area (Å²) in [5.41, 5.74) is 0. The molecular formula is C54H93O10P. The summed E-state index contributed by atoms with van der Waals surface area (Å²) in [5, 5.41) is 18.4. The molecule has 0 aromatic rings. The summed E-state index contributed by atoms with van der Waals surface area (Å²) in [5.74, 6) is -1.01. The Balaban J connectivity index is 4.30. The van der Waals surface area contributed by atoms with Gasteiger partial charge in [-0.25, -0.2) is 4.57 Å². The molecule has 0 amide bonds. The van der Waals surface area contributed by atoms with Gasteiger partial charge in [-0.3, -0.25) is 18.6 Å². The smallest absolute Gasteiger partial charge is 0.462 e. The molecule has 374 valence electrons. The Labute approximate surface area is 396 Å². The van der Waals surface area contributed by atoms with Gasteiger partial charge in [0.25, 0.3) is 0 Å². The molecule has 11 heteroatoms. The molecule has 0 rings (SSSR count). The van der Waals surface area contributed by atoms with Crippen LogP contribution in [0.15, 0.2) is 85.1 Å². The number of unbranched alkanes of at least 4 members (excludes halogenated alkanes) is 19. The summed E-state index contributed by atoms with van der Waals surface area (Å²) in [6.07, 6.45) is 60.0. The lowest BCUT2D eigenvalue weighted by Gasteiger charge is -2.20. The molecule has 65 heavy (non-hydrogen) atoms. The predicted molar refractivity (Wildman–Crippen MR) is 269 cm³/mol. The molecule has 3 atom stereocenters. The third kappa shape index (κ3) is 48.9. The van der Waals surface area contributed by atoms with Crippen molar-refractivity contribution in [3.05, 3.63) is 85.1 Å². The highest BCUT2D eigenvalue weighted by Gasteiger charge is 2.27. The number of phosphoric acid groups is 1. The molecule has 3 N–H and O–H groups in total. The number of hydrogen-bond acceptors (Lipinski definition) is 9. The summed E-state index contributed by atoms with van der Waals surface area (Å²) in [7, 11) is -4.65. The van der Waals surface area contributed by atoms with Crippen LogP contribution in [0.25, 0.3) is 0 Å². The fraction of sp³-hybridized carbons (Fsp3) is 0.704. The lowest BCUT2D eigenvalue weighted by atomic mass is 10.0. The van der Waals surface area contributed by atoms with Gasteiger partial charge >= 0.3 is 19.8 Å². The van der Waals surface area contributed by atoms with Crippen molar-refractivity contribution >= 4 is 19.8 Å². The summed E-state index contributed by atoms with van der Waals surface area (Å²) in [6.45, 7) is 2.20. The Hall–Kier alpha value is -2.85. The Morgan fingerprint density at radius 1 is 0.477 bits per heavy atom. The van der Waals surface area contributed by atoms with Gasteiger partial charge in [0.2, 0.25) is 0 Å². The molecule has 0 aromatic carbocycles. The number of ether oxygens (including phenoxy) is 2. The van der Waals surface area contributed by atoms with E-state index in [1.807, 2.05) is 0 Å². The molecule has 1 unspecified atom stereocenters. The number of phosphoric ester groups is 1. The van der Waals surface area contributed by atoms with Crippen LogP contribution >= 0.6 is 7.82 Å². The molecule has 10 nitrogen and oxygen atoms in total. The molecule has 0 aliphatic carbocycles. The number of aliphatic hydroxyl groups is 2. The largest absolute Gasteiger partial charge is 0.472 e. The molecule has 0 bridgehead atoms. The monoisotopic (exact) mass is 933 g/mol. The van der Waals surface area contributed by atoms with E-state index in [1.165, 1.54) is 89.9 Å². The average molecular weight is 933 g/mol. The molecule has 0 saturated heterocycles. The summed E-state index contributed by atoms with van der Waals surface area (Å²) >= 11 is 0. The first-order chi connectivity index (χ1) is 31.7. The minimum absolute atomic E-state index is 0.133. The van der Waals surface area contributed by atoms with Crippen molar-refractivity contribution < 1.29 is 47.8 Å². The predicted octanol–water partition coefficient (Wildman–Crippen LogP) is 14.6. The van der Waals surface area contributed by atoms with Gasteiger partial charge in [-0.05, 0) is 89.9 Å². The van der Waals surface area contributed by atoms with Crippen LogP contribution in [-0.4, -0.2) is 65.7 Å². The quantitative estimate of drug-likeness (QED) is 0.0233. The van der Waals surface area contributed by atoms with Crippen LogP contribution in [0.4, 0.5) is 0 Å². The minimum atomic E-state index is -4.65. The molecule has 0 radical (unpaired) electrons. The topological polar surface area (TPSA) is 149 Å². The van der Waals surface area contributed by atoms with E-state index >= 15 is 0 Å². The zero-order valence-corrected chi connectivity index (χ0v) is 41.8. The van der Waals surface area contributed by atoms with Crippen molar-refractivity contribution in [1.82, 2.24) is 0 Å². The van der Waals surface area contributed by atoms with E-state index in [-0.39, 0.29) is 19.4 Å². The third-order valence-electron chi connectivity index (χ3n) is 10.5. The average Bonchev–Trinajstić information content (AvgIpc) is 3.30. The first-order valence-corrected chi connectivity index (χ1v) is 27.0. The van der Waals surface area contributed by atoms with Crippen molar-refractivity contribution in [2.24, 2.45) is 0 Å². The molecule has 0 aliphatic rings. The Morgan fingerprint density at radius 2 is 0.877 bits per heavy atom. The fourth-order valence-corrected chi connectivity index (χ4v) is 7.42. The first kappa shape index (κ1) is 62.1. The van der Waals surface area contributed by atoms with E-state index in [4.69, 9.17) is 23.6 Å². The molecule has 0 spiro atoms. The summed E-state index contributed by atoms with van der Waals surface area (Å²) in [4.78, 5) is 35.1. The Kier molecular flexibility index (Phi) is 46.9. The van der Waals surface area contributed by atoms with Crippen LogP contribution < -0.4 is 0 Å². The van der Waals surface area contributed by atoms with Gasteiger partial charge in [-0.2, -0.15) is 0 Å². The fourth-order valence-electron chi connectivity index (χ4n) is 6.63. The highest BCUT2D eigenvalue weighted by atomic mass is 31.2. The maximum atomic E-state index is 12.7. The second-order valence-electron chi connectivity index (χ2n) is 16.8. The highest BCUT2D eigenvalue weighted by Crippen LogP contribution is 2.43. The van der Waals surface area contributed by atoms with Gasteiger partial charge in [-0.15, -0.1) is 0 Å². The zero-order chi connectivity index (χ0) is 47.6. The summed E-state index contributed by atoms with van der Waals surface area (Å²) < 4.78 is 32.8. The maximum absolute atomic E-state index is 12.7. The van der Waals surface area contributed by atoms with Crippen molar-refractivity contribution in [1.29, 1.82) is 0 Å². The van der Waals surface area contributed by atoms with Crippen LogP contribution in [0, 0.1) is 0 Å². The normalized spacial score (nSPS) is 14.4. The van der Waals surface area contributed by atoms with Crippen molar-refractivity contribution in [3.8, 4) is 0 Å². The number of carbonyl (C=O) groups is 2. The van der Waals surface area contributed by atoms with Gasteiger partial charge in [0, 0.05) is 12.8 Å². The van der Waals surface area contributed by atoms with Gasteiger partial charge in [0.15, 0.2) is 6.10 Å². The van der Waals surface area contributed by atoms with Crippen molar-refractivity contribution in [2.45, 2.75) is 219 Å². The van der Waals surface area contributed by atoms with Gasteiger partial charge in [0.05, 0.1) is 19.8 Å². The van der Waals surface area contributed by atoms with Gasteiger partial charge in [-0.1, -0.05) is 189 Å². The second-order valence-corrected chi connectivity index (χ2v) is 18.2. The van der Waals surface area contributed by atoms with Crippen LogP contribution in [0.1, 0.15) is 206 Å². The van der Waals surface area contributed by atoms with Crippen molar-refractivity contribution in [2.75, 3.05) is 26.4 Å². The third-order valence-corrected chi connectivity index (χ3v) is 11.5. The van der Waals surface area contributed by atoms with Crippen LogP contribution in [0.3, 0.4) is 0 Å². The van der Waals surface area contributed by atoms with E-state index in [0.29, 0.717) is 12.8 Å². The lowest BCUT2D eigenvalue weighted by molar-refractivity contribution is -0.161. The van der Waals surface area contributed by atoms with Crippen molar-refractivity contribution in [3.63, 3.8) is 0 Å². The minimum Gasteiger partial charge on any atom is -0.462 e. The molecular weight excluding hydrogens is 840 g/mol. The molecule has 0 aromatic heterocycles. The lowest BCUT2D eigenvalue weighted by Crippen LogP contribution is -2.29. The van der Waals surface area contributed by atoms with Crippen LogP contribution in [0.2, 0.25) is 0 Å². The van der Waals surface area contributed by atoms with E-state index in [1.54, 1.807) is 0 Å². The molecule has 0 saturated carbocycles. The number of carbonyl (C=O) groups excluding carboxylic acids is 2. The van der Waals surface area contributed by atoms with E-state index in [2.05, 4.69) is 98.9 Å².